The van der Waals surface area contributed by atoms with Gasteiger partial charge in [0.25, 0.3) is 11.8 Å². The summed E-state index contributed by atoms with van der Waals surface area (Å²) in [7, 11) is -3.90. The Morgan fingerprint density at radius 2 is 1.77 bits per heavy atom. The van der Waals surface area contributed by atoms with E-state index >= 15 is 0 Å². The number of benzene rings is 2. The van der Waals surface area contributed by atoms with E-state index < -0.39 is 73.9 Å². The first-order valence-electron chi connectivity index (χ1n) is 18.1. The molecule has 0 bridgehead atoms. The Morgan fingerprint density at radius 1 is 1.06 bits per heavy atom. The van der Waals surface area contributed by atoms with Crippen LogP contribution in [0.4, 0.5) is 0 Å². The first-order chi connectivity index (χ1) is 24.6. The molecule has 0 aromatic heterocycles. The largest absolute Gasteiger partial charge is 0.493 e. The van der Waals surface area contributed by atoms with Gasteiger partial charge >= 0.3 is 0 Å². The van der Waals surface area contributed by atoms with Crippen molar-refractivity contribution in [2.45, 2.75) is 102 Å². The third-order valence-electron chi connectivity index (χ3n) is 10.5. The Kier molecular flexibility index (Phi) is 10.2. The Hall–Kier alpha value is -4.46. The van der Waals surface area contributed by atoms with Gasteiger partial charge in [-0.1, -0.05) is 57.2 Å². The summed E-state index contributed by atoms with van der Waals surface area (Å²) >= 11 is 0. The lowest BCUT2D eigenvalue weighted by atomic mass is 9.85. The molecule has 2 aromatic rings. The standard InChI is InChI=1S/C38H49N5O8S/c1-6-24-20-38(24,36(48)42-52(49,50)26-15-16-26)41-33(45)28-19-25(21-43(28)35(47)32(37(3,4)5)40-30(44)18-22-12-13-22)39-34(46)31-27-11-9-8-10-23(27)14-17-29(31)51-7-2/h6,8-11,14,17,22,24-26,28,32H,1,7,12-13,15-16,18-21H2,2-5H3,(H,39,46)(H,40,44)(H,41,45)(H,42,48)/t24?,25-,28+,32-,38?/m1/s1. The maximum absolute atomic E-state index is 14.5. The first-order valence-corrected chi connectivity index (χ1v) is 19.7. The fourth-order valence-corrected chi connectivity index (χ4v) is 8.45. The van der Waals surface area contributed by atoms with E-state index in [9.17, 15) is 32.4 Å². The summed E-state index contributed by atoms with van der Waals surface area (Å²) in [6.07, 6.45) is 4.77. The molecule has 1 saturated heterocycles. The van der Waals surface area contributed by atoms with Crippen molar-refractivity contribution in [2.75, 3.05) is 13.2 Å². The fraction of sp³-hybridized carbons (Fsp3) is 0.553. The summed E-state index contributed by atoms with van der Waals surface area (Å²) in [4.78, 5) is 70.6. The quantitative estimate of drug-likeness (QED) is 0.214. The average molecular weight is 736 g/mol. The number of fused-ring (bicyclic) bond motifs is 1. The number of carbonyl (C=O) groups is 5. The molecule has 4 N–H and O–H groups in total. The molecular formula is C38H49N5O8S. The number of ether oxygens (including phenoxy) is 1. The molecule has 280 valence electrons. The molecular weight excluding hydrogens is 687 g/mol. The topological polar surface area (TPSA) is 180 Å². The van der Waals surface area contributed by atoms with Crippen LogP contribution in [0, 0.1) is 17.3 Å². The SMILES string of the molecule is C=CC1CC1(NC(=O)[C@@H]1C[C@@H](NC(=O)c2c(OCC)ccc3ccccc23)CN1C(=O)[C@@H](NC(=O)CC1CC1)C(C)(C)C)C(=O)NS(=O)(=O)C1CC1. The highest BCUT2D eigenvalue weighted by molar-refractivity contribution is 7.91. The molecule has 2 unspecified atom stereocenters. The lowest BCUT2D eigenvalue weighted by molar-refractivity contribution is -0.144. The van der Waals surface area contributed by atoms with Crippen LogP contribution in [0.1, 0.15) is 83.0 Å². The van der Waals surface area contributed by atoms with Crippen molar-refractivity contribution in [3.05, 3.63) is 54.6 Å². The van der Waals surface area contributed by atoms with Gasteiger partial charge in [-0.3, -0.25) is 28.7 Å². The van der Waals surface area contributed by atoms with Gasteiger partial charge in [0.2, 0.25) is 27.7 Å². The minimum Gasteiger partial charge on any atom is -0.493 e. The molecule has 3 aliphatic carbocycles. The summed E-state index contributed by atoms with van der Waals surface area (Å²) in [6.45, 7) is 11.3. The second kappa shape index (κ2) is 14.2. The molecule has 52 heavy (non-hydrogen) atoms. The summed E-state index contributed by atoms with van der Waals surface area (Å²) in [5.41, 5.74) is -1.98. The molecule has 1 aliphatic heterocycles. The van der Waals surface area contributed by atoms with Crippen LogP contribution >= 0.6 is 0 Å². The number of nitrogens with one attached hydrogen (secondary N) is 4. The first kappa shape index (κ1) is 37.3. The van der Waals surface area contributed by atoms with E-state index in [0.717, 1.165) is 18.2 Å². The van der Waals surface area contributed by atoms with E-state index in [-0.39, 0.29) is 25.3 Å². The van der Waals surface area contributed by atoms with Crippen molar-refractivity contribution in [3.63, 3.8) is 0 Å². The van der Waals surface area contributed by atoms with Gasteiger partial charge < -0.3 is 25.6 Å². The van der Waals surface area contributed by atoms with Gasteiger partial charge in [-0.05, 0) is 73.6 Å². The zero-order valence-electron chi connectivity index (χ0n) is 30.2. The van der Waals surface area contributed by atoms with Crippen molar-refractivity contribution in [2.24, 2.45) is 17.3 Å². The molecule has 5 amide bonds. The Balaban J connectivity index is 1.28. The third-order valence-corrected chi connectivity index (χ3v) is 12.3. The highest BCUT2D eigenvalue weighted by atomic mass is 32.2. The maximum Gasteiger partial charge on any atom is 0.259 e. The second-order valence-corrected chi connectivity index (χ2v) is 17.7. The van der Waals surface area contributed by atoms with E-state index in [1.807, 2.05) is 58.0 Å². The molecule has 0 radical (unpaired) electrons. The maximum atomic E-state index is 14.5. The molecule has 4 aliphatic rings. The van der Waals surface area contributed by atoms with Crippen molar-refractivity contribution in [1.82, 2.24) is 25.6 Å². The number of hydrogen-bond acceptors (Lipinski definition) is 8. The van der Waals surface area contributed by atoms with Crippen LogP contribution < -0.4 is 25.4 Å². The monoisotopic (exact) mass is 735 g/mol. The number of hydrogen-bond donors (Lipinski definition) is 4. The number of likely N-dealkylation sites (tertiary alicyclic amines) is 1. The van der Waals surface area contributed by atoms with Crippen LogP contribution in [0.5, 0.6) is 5.75 Å². The molecule has 5 atom stereocenters. The van der Waals surface area contributed by atoms with E-state index in [1.54, 1.807) is 6.07 Å². The van der Waals surface area contributed by atoms with Gasteiger partial charge in [-0.15, -0.1) is 6.58 Å². The van der Waals surface area contributed by atoms with Gasteiger partial charge in [-0.25, -0.2) is 8.42 Å². The minimum atomic E-state index is -3.90. The lowest BCUT2D eigenvalue weighted by Gasteiger charge is -2.35. The molecule has 0 spiro atoms. The van der Waals surface area contributed by atoms with E-state index in [4.69, 9.17) is 4.74 Å². The summed E-state index contributed by atoms with van der Waals surface area (Å²) < 4.78 is 33.4. The summed E-state index contributed by atoms with van der Waals surface area (Å²) in [5, 5.41) is 9.59. The Bertz CT molecular complexity index is 1900. The van der Waals surface area contributed by atoms with Gasteiger partial charge in [0.1, 0.15) is 23.4 Å². The van der Waals surface area contributed by atoms with Crippen LogP contribution in [-0.2, 0) is 29.2 Å². The number of rotatable bonds is 14. The number of sulfonamides is 1. The van der Waals surface area contributed by atoms with Crippen LogP contribution in [0.15, 0.2) is 49.1 Å². The van der Waals surface area contributed by atoms with Gasteiger partial charge in [0, 0.05) is 24.9 Å². The van der Waals surface area contributed by atoms with E-state index in [1.165, 1.54) is 11.0 Å². The lowest BCUT2D eigenvalue weighted by Crippen LogP contribution is -2.60. The molecule has 13 nitrogen and oxygen atoms in total. The normalized spacial score (nSPS) is 24.8. The molecule has 3 saturated carbocycles. The molecule has 6 rings (SSSR count). The van der Waals surface area contributed by atoms with Crippen LogP contribution in [-0.4, -0.2) is 84.9 Å². The van der Waals surface area contributed by atoms with Gasteiger partial charge in [0.15, 0.2) is 0 Å². The highest BCUT2D eigenvalue weighted by Crippen LogP contribution is 2.45. The predicted molar refractivity (Wildman–Crippen MR) is 194 cm³/mol. The summed E-state index contributed by atoms with van der Waals surface area (Å²) in [6, 6.07) is 8.17. The highest BCUT2D eigenvalue weighted by Gasteiger charge is 2.62. The number of nitrogens with zero attached hydrogens (tertiary/aromatic N) is 1. The second-order valence-electron chi connectivity index (χ2n) is 15.7. The van der Waals surface area contributed by atoms with Crippen molar-refractivity contribution in [3.8, 4) is 5.75 Å². The van der Waals surface area contributed by atoms with Gasteiger partial charge in [-0.2, -0.15) is 0 Å². The Morgan fingerprint density at radius 3 is 2.38 bits per heavy atom. The number of amides is 5. The van der Waals surface area contributed by atoms with Crippen LogP contribution in [0.2, 0.25) is 0 Å². The number of carbonyl (C=O) groups excluding carboxylic acids is 5. The van der Waals surface area contributed by atoms with Crippen molar-refractivity contribution < 1.29 is 37.1 Å². The van der Waals surface area contributed by atoms with E-state index in [0.29, 0.717) is 48.5 Å². The van der Waals surface area contributed by atoms with Crippen molar-refractivity contribution >= 4 is 50.3 Å². The zero-order valence-corrected chi connectivity index (χ0v) is 31.0. The average Bonchev–Trinajstić information content (AvgIpc) is 3.98. The van der Waals surface area contributed by atoms with Gasteiger partial charge in [0.05, 0.1) is 17.4 Å². The molecule has 1 heterocycles. The minimum absolute atomic E-state index is 0.00174. The van der Waals surface area contributed by atoms with E-state index in [2.05, 4.69) is 27.3 Å². The Labute approximate surface area is 304 Å². The smallest absolute Gasteiger partial charge is 0.259 e. The van der Waals surface area contributed by atoms with Crippen LogP contribution in [0.3, 0.4) is 0 Å². The molecule has 14 heteroatoms. The van der Waals surface area contributed by atoms with Crippen LogP contribution in [0.25, 0.3) is 10.8 Å². The molecule has 4 fully saturated rings. The third kappa shape index (κ3) is 7.81. The zero-order chi connectivity index (χ0) is 37.6. The van der Waals surface area contributed by atoms with Crippen molar-refractivity contribution in [1.29, 1.82) is 0 Å². The predicted octanol–water partition coefficient (Wildman–Crippen LogP) is 2.94. The molecule has 2 aromatic carbocycles. The fourth-order valence-electron chi connectivity index (χ4n) is 7.09. The summed E-state index contributed by atoms with van der Waals surface area (Å²) in [5.74, 6) is -2.57.